The van der Waals surface area contributed by atoms with Gasteiger partial charge in [-0.1, -0.05) is 12.1 Å². The predicted molar refractivity (Wildman–Crippen MR) is 59.1 cm³/mol. The molecule has 0 atom stereocenters. The van der Waals surface area contributed by atoms with E-state index in [0.717, 1.165) is 25.9 Å². The van der Waals surface area contributed by atoms with Crippen molar-refractivity contribution in [3.05, 3.63) is 12.1 Å². The summed E-state index contributed by atoms with van der Waals surface area (Å²) in [5, 5.41) is 17.5. The molecule has 2 aromatic heterocycles. The van der Waals surface area contributed by atoms with Crippen molar-refractivity contribution in [1.29, 1.82) is 0 Å². The van der Waals surface area contributed by atoms with Crippen LogP contribution in [0.25, 0.3) is 11.5 Å². The molecule has 0 spiro atoms. The lowest BCUT2D eigenvalue weighted by atomic mass is 9.81. The van der Waals surface area contributed by atoms with Gasteiger partial charge >= 0.3 is 0 Å². The summed E-state index contributed by atoms with van der Waals surface area (Å²) < 4.78 is 5.36. The molecule has 0 amide bonds. The Morgan fingerprint density at radius 1 is 1.35 bits per heavy atom. The van der Waals surface area contributed by atoms with Crippen LogP contribution < -0.4 is 5.32 Å². The Hall–Kier alpha value is -1.76. The molecule has 1 aliphatic heterocycles. The third-order valence-electron chi connectivity index (χ3n) is 3.29. The zero-order chi connectivity index (χ0) is 11.7. The third-order valence-corrected chi connectivity index (χ3v) is 3.29. The summed E-state index contributed by atoms with van der Waals surface area (Å²) in [5.41, 5.74) is 0.581. The Labute approximate surface area is 98.0 Å². The number of aromatic nitrogens is 5. The smallest absolute Gasteiger partial charge is 0.233 e. The predicted octanol–water partition coefficient (Wildman–Crippen LogP) is 0.496. The molecule has 7 heteroatoms. The van der Waals surface area contributed by atoms with Crippen LogP contribution in [0.15, 0.2) is 10.7 Å². The Kier molecular flexibility index (Phi) is 2.40. The minimum Gasteiger partial charge on any atom is -0.338 e. The molecule has 0 radical (unpaired) electrons. The maximum absolute atomic E-state index is 5.36. The van der Waals surface area contributed by atoms with E-state index in [2.05, 4.69) is 37.8 Å². The third kappa shape index (κ3) is 1.82. The number of nitrogens with one attached hydrogen (secondary N) is 2. The number of piperidine rings is 1. The highest BCUT2D eigenvalue weighted by Crippen LogP contribution is 2.32. The van der Waals surface area contributed by atoms with Gasteiger partial charge in [-0.05, 0) is 25.9 Å². The number of rotatable bonds is 2. The molecule has 7 nitrogen and oxygen atoms in total. The molecule has 90 valence electrons. The maximum Gasteiger partial charge on any atom is 0.233 e. The van der Waals surface area contributed by atoms with Crippen LogP contribution >= 0.6 is 0 Å². The first-order valence-corrected chi connectivity index (χ1v) is 5.69. The van der Waals surface area contributed by atoms with Gasteiger partial charge in [0.1, 0.15) is 0 Å². The van der Waals surface area contributed by atoms with Gasteiger partial charge in [0, 0.05) is 5.41 Å². The summed E-state index contributed by atoms with van der Waals surface area (Å²) in [6.07, 6.45) is 3.60. The van der Waals surface area contributed by atoms with Gasteiger partial charge < -0.3 is 9.84 Å². The highest BCUT2D eigenvalue weighted by Gasteiger charge is 2.34. The molecule has 0 aromatic carbocycles. The highest BCUT2D eigenvalue weighted by molar-refractivity contribution is 5.45. The molecule has 2 aromatic rings. The minimum atomic E-state index is -0.0275. The molecule has 2 N–H and O–H groups in total. The van der Waals surface area contributed by atoms with Crippen LogP contribution in [0, 0.1) is 0 Å². The summed E-state index contributed by atoms with van der Waals surface area (Å²) in [7, 11) is 0. The SMILES string of the molecule is CC1(c2nc(-c3cn[nH]n3)no2)CCNCC1. The largest absolute Gasteiger partial charge is 0.338 e. The second kappa shape index (κ2) is 3.92. The zero-order valence-corrected chi connectivity index (χ0v) is 9.60. The molecule has 0 unspecified atom stereocenters. The van der Waals surface area contributed by atoms with Crippen LogP contribution in [-0.2, 0) is 5.41 Å². The average molecular weight is 234 g/mol. The summed E-state index contributed by atoms with van der Waals surface area (Å²) in [6, 6.07) is 0. The number of hydrogen-bond acceptors (Lipinski definition) is 6. The number of hydrogen-bond donors (Lipinski definition) is 2. The molecule has 3 rings (SSSR count). The molecule has 1 fully saturated rings. The van der Waals surface area contributed by atoms with Gasteiger partial charge in [0.2, 0.25) is 11.7 Å². The van der Waals surface area contributed by atoms with Crippen LogP contribution in [0.4, 0.5) is 0 Å². The van der Waals surface area contributed by atoms with Gasteiger partial charge in [-0.3, -0.25) is 0 Å². The zero-order valence-electron chi connectivity index (χ0n) is 9.60. The Balaban J connectivity index is 1.89. The lowest BCUT2D eigenvalue weighted by molar-refractivity contribution is 0.241. The van der Waals surface area contributed by atoms with Gasteiger partial charge in [0.05, 0.1) is 6.20 Å². The van der Waals surface area contributed by atoms with Crippen LogP contribution in [0.5, 0.6) is 0 Å². The van der Waals surface area contributed by atoms with Gasteiger partial charge in [-0.2, -0.15) is 20.4 Å². The molecular formula is C10H14N6O. The molecule has 0 saturated carbocycles. The first-order chi connectivity index (χ1) is 8.28. The van der Waals surface area contributed by atoms with E-state index in [4.69, 9.17) is 4.52 Å². The first kappa shape index (κ1) is 10.4. The Bertz CT molecular complexity index is 485. The van der Waals surface area contributed by atoms with Crippen molar-refractivity contribution in [2.45, 2.75) is 25.2 Å². The van der Waals surface area contributed by atoms with E-state index in [9.17, 15) is 0 Å². The van der Waals surface area contributed by atoms with Crippen LogP contribution in [0.2, 0.25) is 0 Å². The number of nitrogens with zero attached hydrogens (tertiary/aromatic N) is 4. The van der Waals surface area contributed by atoms with Crippen molar-refractivity contribution in [3.8, 4) is 11.5 Å². The number of H-pyrrole nitrogens is 1. The minimum absolute atomic E-state index is 0.0275. The van der Waals surface area contributed by atoms with Gasteiger partial charge in [0.15, 0.2) is 5.69 Å². The Morgan fingerprint density at radius 3 is 2.88 bits per heavy atom. The summed E-state index contributed by atoms with van der Waals surface area (Å²) in [6.45, 7) is 4.13. The lowest BCUT2D eigenvalue weighted by Gasteiger charge is -2.30. The fourth-order valence-corrected chi connectivity index (χ4v) is 2.07. The van der Waals surface area contributed by atoms with E-state index < -0.39 is 0 Å². The first-order valence-electron chi connectivity index (χ1n) is 5.69. The molecule has 0 bridgehead atoms. The van der Waals surface area contributed by atoms with E-state index in [1.165, 1.54) is 0 Å². The fourth-order valence-electron chi connectivity index (χ4n) is 2.07. The van der Waals surface area contributed by atoms with Crippen molar-refractivity contribution in [1.82, 2.24) is 30.9 Å². The molecule has 1 aliphatic rings. The van der Waals surface area contributed by atoms with Crippen LogP contribution in [-0.4, -0.2) is 38.6 Å². The fraction of sp³-hybridized carbons (Fsp3) is 0.600. The van der Waals surface area contributed by atoms with Crippen LogP contribution in [0.3, 0.4) is 0 Å². The molecule has 0 aliphatic carbocycles. The molecule has 3 heterocycles. The average Bonchev–Trinajstić information content (AvgIpc) is 3.01. The summed E-state index contributed by atoms with van der Waals surface area (Å²) in [4.78, 5) is 4.42. The van der Waals surface area contributed by atoms with Crippen molar-refractivity contribution in [2.75, 3.05) is 13.1 Å². The van der Waals surface area contributed by atoms with E-state index in [1.54, 1.807) is 6.20 Å². The standard InChI is InChI=1S/C10H14N6O/c1-10(2-4-11-5-3-10)9-13-8(15-17-9)7-6-12-16-14-7/h6,11H,2-5H2,1H3,(H,12,14,16). The van der Waals surface area contributed by atoms with E-state index in [0.29, 0.717) is 17.4 Å². The van der Waals surface area contributed by atoms with Crippen LogP contribution in [0.1, 0.15) is 25.7 Å². The highest BCUT2D eigenvalue weighted by atomic mass is 16.5. The number of aromatic amines is 1. The molecule has 1 saturated heterocycles. The molecular weight excluding hydrogens is 220 g/mol. The quantitative estimate of drug-likeness (QED) is 0.785. The summed E-state index contributed by atoms with van der Waals surface area (Å²) >= 11 is 0. The summed E-state index contributed by atoms with van der Waals surface area (Å²) in [5.74, 6) is 1.19. The maximum atomic E-state index is 5.36. The van der Waals surface area contributed by atoms with Gasteiger partial charge in [-0.15, -0.1) is 0 Å². The van der Waals surface area contributed by atoms with Crippen molar-refractivity contribution in [3.63, 3.8) is 0 Å². The Morgan fingerprint density at radius 2 is 2.18 bits per heavy atom. The van der Waals surface area contributed by atoms with Gasteiger partial charge in [-0.25, -0.2) is 0 Å². The van der Waals surface area contributed by atoms with E-state index in [-0.39, 0.29) is 5.41 Å². The van der Waals surface area contributed by atoms with Gasteiger partial charge in [0.25, 0.3) is 0 Å². The molecule has 17 heavy (non-hydrogen) atoms. The van der Waals surface area contributed by atoms with E-state index >= 15 is 0 Å². The second-order valence-corrected chi connectivity index (χ2v) is 4.59. The normalized spacial score (nSPS) is 19.4. The van der Waals surface area contributed by atoms with Crippen molar-refractivity contribution in [2.24, 2.45) is 0 Å². The van der Waals surface area contributed by atoms with Crippen molar-refractivity contribution < 1.29 is 4.52 Å². The topological polar surface area (TPSA) is 92.5 Å². The lowest BCUT2D eigenvalue weighted by Crippen LogP contribution is -2.37. The van der Waals surface area contributed by atoms with E-state index in [1.807, 2.05) is 0 Å². The monoisotopic (exact) mass is 234 g/mol. The van der Waals surface area contributed by atoms with Crippen molar-refractivity contribution >= 4 is 0 Å². The second-order valence-electron chi connectivity index (χ2n) is 4.59.